The predicted molar refractivity (Wildman–Crippen MR) is 68.7 cm³/mol. The van der Waals surface area contributed by atoms with Crippen LogP contribution in [0.25, 0.3) is 0 Å². The molecule has 0 aromatic rings. The quantitative estimate of drug-likeness (QED) is 0.853. The Kier molecular flexibility index (Phi) is 4.49. The molecule has 2 aliphatic rings. The minimum atomic E-state index is -4.09. The molecule has 1 saturated carbocycles. The van der Waals surface area contributed by atoms with Crippen molar-refractivity contribution in [2.75, 3.05) is 31.9 Å². The zero-order valence-electron chi connectivity index (χ0n) is 10.7. The molecule has 1 unspecified atom stereocenters. The van der Waals surface area contributed by atoms with Crippen LogP contribution in [-0.4, -0.2) is 47.9 Å². The maximum Gasteiger partial charge on any atom is 0.441 e. The highest BCUT2D eigenvalue weighted by molar-refractivity contribution is 8.00. The standard InChI is InChI=1S/C12H21F3N2S/c1-11(10-3-4-10)9-17(6-2-5-16-11)7-8-18-12(13,14)15/h10,16H,2-9H2,1H3. The first kappa shape index (κ1) is 14.5. The second-order valence-corrected chi connectivity index (χ2v) is 6.70. The molecule has 1 aliphatic heterocycles. The van der Waals surface area contributed by atoms with Gasteiger partial charge in [-0.3, -0.25) is 0 Å². The van der Waals surface area contributed by atoms with Crippen molar-refractivity contribution in [2.24, 2.45) is 5.92 Å². The summed E-state index contributed by atoms with van der Waals surface area (Å²) in [4.78, 5) is 2.19. The van der Waals surface area contributed by atoms with Crippen LogP contribution in [0.2, 0.25) is 0 Å². The first-order chi connectivity index (χ1) is 8.39. The Morgan fingerprint density at radius 1 is 1.39 bits per heavy atom. The fraction of sp³-hybridized carbons (Fsp3) is 1.00. The van der Waals surface area contributed by atoms with E-state index in [-0.39, 0.29) is 23.1 Å². The van der Waals surface area contributed by atoms with Crippen LogP contribution in [0, 0.1) is 5.92 Å². The molecule has 0 radical (unpaired) electrons. The van der Waals surface area contributed by atoms with Gasteiger partial charge in [0.15, 0.2) is 0 Å². The van der Waals surface area contributed by atoms with Gasteiger partial charge in [0, 0.05) is 24.4 Å². The summed E-state index contributed by atoms with van der Waals surface area (Å²) in [6.45, 7) is 5.54. The van der Waals surface area contributed by atoms with Gasteiger partial charge >= 0.3 is 5.51 Å². The van der Waals surface area contributed by atoms with Gasteiger partial charge in [-0.2, -0.15) is 13.2 Å². The molecule has 6 heteroatoms. The van der Waals surface area contributed by atoms with Crippen molar-refractivity contribution in [1.82, 2.24) is 10.2 Å². The molecule has 1 atom stereocenters. The summed E-state index contributed by atoms with van der Waals surface area (Å²) in [6, 6.07) is 0. The van der Waals surface area contributed by atoms with Crippen LogP contribution in [0.3, 0.4) is 0 Å². The van der Waals surface area contributed by atoms with Gasteiger partial charge < -0.3 is 10.2 Å². The lowest BCUT2D eigenvalue weighted by Gasteiger charge is -2.34. The molecule has 0 bridgehead atoms. The third-order valence-corrected chi connectivity index (χ3v) is 4.60. The molecule has 106 valence electrons. The molecule has 2 fully saturated rings. The number of halogens is 3. The summed E-state index contributed by atoms with van der Waals surface area (Å²) in [5.74, 6) is 0.859. The fourth-order valence-electron chi connectivity index (χ4n) is 2.75. The van der Waals surface area contributed by atoms with Crippen LogP contribution < -0.4 is 5.32 Å². The Labute approximate surface area is 111 Å². The van der Waals surface area contributed by atoms with Gasteiger partial charge in [-0.1, -0.05) is 0 Å². The molecule has 1 aliphatic carbocycles. The van der Waals surface area contributed by atoms with Crippen molar-refractivity contribution in [3.8, 4) is 0 Å². The Hall–Kier alpha value is 0.0600. The van der Waals surface area contributed by atoms with Gasteiger partial charge in [0.25, 0.3) is 0 Å². The Morgan fingerprint density at radius 3 is 2.72 bits per heavy atom. The molecule has 0 aromatic heterocycles. The number of thioether (sulfide) groups is 1. The summed E-state index contributed by atoms with van der Waals surface area (Å²) in [5, 5.41) is 3.59. The molecule has 0 aromatic carbocycles. The van der Waals surface area contributed by atoms with Crippen molar-refractivity contribution in [2.45, 2.75) is 37.2 Å². The normalized spacial score (nSPS) is 31.3. The lowest BCUT2D eigenvalue weighted by Crippen LogP contribution is -2.51. The van der Waals surface area contributed by atoms with E-state index in [2.05, 4.69) is 17.1 Å². The van der Waals surface area contributed by atoms with Crippen LogP contribution >= 0.6 is 11.8 Å². The molecule has 2 rings (SSSR count). The summed E-state index contributed by atoms with van der Waals surface area (Å²) in [7, 11) is 0. The van der Waals surface area contributed by atoms with Crippen molar-refractivity contribution >= 4 is 11.8 Å². The number of rotatable bonds is 4. The zero-order valence-corrected chi connectivity index (χ0v) is 11.5. The van der Waals surface area contributed by atoms with Gasteiger partial charge in [0.2, 0.25) is 0 Å². The fourth-order valence-corrected chi connectivity index (χ4v) is 3.33. The molecule has 0 spiro atoms. The van der Waals surface area contributed by atoms with E-state index in [1.807, 2.05) is 0 Å². The largest absolute Gasteiger partial charge is 0.441 e. The Morgan fingerprint density at radius 2 is 2.11 bits per heavy atom. The van der Waals surface area contributed by atoms with Crippen molar-refractivity contribution in [3.63, 3.8) is 0 Å². The van der Waals surface area contributed by atoms with Gasteiger partial charge in [0.1, 0.15) is 0 Å². The van der Waals surface area contributed by atoms with E-state index >= 15 is 0 Å². The van der Waals surface area contributed by atoms with Crippen LogP contribution in [0.4, 0.5) is 13.2 Å². The maximum atomic E-state index is 12.1. The van der Waals surface area contributed by atoms with E-state index in [4.69, 9.17) is 0 Å². The third kappa shape index (κ3) is 4.31. The number of nitrogens with one attached hydrogen (secondary N) is 1. The van der Waals surface area contributed by atoms with Crippen LogP contribution in [0.1, 0.15) is 26.2 Å². The highest BCUT2D eigenvalue weighted by Gasteiger charge is 2.42. The number of nitrogens with zero attached hydrogens (tertiary/aromatic N) is 1. The van der Waals surface area contributed by atoms with Gasteiger partial charge in [-0.15, -0.1) is 0 Å². The molecule has 0 amide bonds. The van der Waals surface area contributed by atoms with Crippen molar-refractivity contribution < 1.29 is 13.2 Å². The van der Waals surface area contributed by atoms with Crippen molar-refractivity contribution in [1.29, 1.82) is 0 Å². The Bertz CT molecular complexity index is 281. The maximum absolute atomic E-state index is 12.1. The highest BCUT2D eigenvalue weighted by Crippen LogP contribution is 2.40. The topological polar surface area (TPSA) is 15.3 Å². The lowest BCUT2D eigenvalue weighted by atomic mass is 9.95. The van der Waals surface area contributed by atoms with E-state index in [9.17, 15) is 13.2 Å². The number of hydrogen-bond acceptors (Lipinski definition) is 3. The summed E-state index contributed by atoms with van der Waals surface area (Å²) in [5.41, 5.74) is -3.98. The first-order valence-electron chi connectivity index (χ1n) is 6.57. The molecule has 18 heavy (non-hydrogen) atoms. The summed E-state index contributed by atoms with van der Waals surface area (Å²) in [6.07, 6.45) is 3.54. The minimum absolute atomic E-state index is 0.0961. The van der Waals surface area contributed by atoms with Gasteiger partial charge in [-0.25, -0.2) is 0 Å². The van der Waals surface area contributed by atoms with Gasteiger partial charge in [0.05, 0.1) is 0 Å². The lowest BCUT2D eigenvalue weighted by molar-refractivity contribution is -0.0328. The Balaban J connectivity index is 1.80. The van der Waals surface area contributed by atoms with E-state index in [1.165, 1.54) is 12.8 Å². The second-order valence-electron chi connectivity index (χ2n) is 5.54. The number of hydrogen-bond donors (Lipinski definition) is 1. The molecule has 1 saturated heterocycles. The van der Waals surface area contributed by atoms with E-state index in [0.717, 1.165) is 26.1 Å². The monoisotopic (exact) mass is 282 g/mol. The van der Waals surface area contributed by atoms with Crippen LogP contribution in [-0.2, 0) is 0 Å². The van der Waals surface area contributed by atoms with Crippen LogP contribution in [0.15, 0.2) is 0 Å². The predicted octanol–water partition coefficient (Wildman–Crippen LogP) is 2.70. The van der Waals surface area contributed by atoms with Crippen molar-refractivity contribution in [3.05, 3.63) is 0 Å². The zero-order chi connectivity index (χ0) is 13.2. The van der Waals surface area contributed by atoms with E-state index in [0.29, 0.717) is 12.5 Å². The SMILES string of the molecule is CC1(C2CC2)CN(CCSC(F)(F)F)CCCN1. The number of alkyl halides is 3. The highest BCUT2D eigenvalue weighted by atomic mass is 32.2. The molecular weight excluding hydrogens is 261 g/mol. The molecular formula is C12H21F3N2S. The average molecular weight is 282 g/mol. The first-order valence-corrected chi connectivity index (χ1v) is 7.56. The van der Waals surface area contributed by atoms with Crippen LogP contribution in [0.5, 0.6) is 0 Å². The smallest absolute Gasteiger partial charge is 0.310 e. The molecule has 1 heterocycles. The summed E-state index contributed by atoms with van der Waals surface area (Å²) < 4.78 is 36.3. The van der Waals surface area contributed by atoms with E-state index in [1.54, 1.807) is 0 Å². The second kappa shape index (κ2) is 5.59. The summed E-state index contributed by atoms with van der Waals surface area (Å²) >= 11 is 0.0961. The third-order valence-electron chi connectivity index (χ3n) is 3.88. The molecule has 1 N–H and O–H groups in total. The average Bonchev–Trinajstić information content (AvgIpc) is 3.03. The minimum Gasteiger partial charge on any atom is -0.310 e. The van der Waals surface area contributed by atoms with E-state index < -0.39 is 5.51 Å². The van der Waals surface area contributed by atoms with Gasteiger partial charge in [-0.05, 0) is 57.0 Å². The molecule has 2 nitrogen and oxygen atoms in total.